The average molecular weight is 344 g/mol. The smallest absolute Gasteiger partial charge is 0.526 e. The number of fused-ring (bicyclic) bond motifs is 1. The highest BCUT2D eigenvalue weighted by molar-refractivity contribution is 6.47. The van der Waals surface area contributed by atoms with E-state index in [1.54, 1.807) is 6.07 Å². The van der Waals surface area contributed by atoms with Gasteiger partial charge in [-0.25, -0.2) is 0 Å². The zero-order valence-electron chi connectivity index (χ0n) is 14.6. The van der Waals surface area contributed by atoms with Crippen LogP contribution in [0.5, 0.6) is 5.75 Å². The number of Topliss-reactive ketones (excluding diaryl/α,β-unsaturated/α-hetero) is 2. The number of hydrogen-bond acceptors (Lipinski definition) is 5. The molecule has 1 atom stereocenters. The number of para-hydroxylation sites is 1. The zero-order chi connectivity index (χ0) is 18.0. The van der Waals surface area contributed by atoms with Crippen molar-refractivity contribution in [2.75, 3.05) is 0 Å². The standard InChI is InChI=1S/C19H25BO5/c1-12(21)18-4-2-3-14-10-15(20(24)25-19(14)18)11-17(23)9-13-5-7-16(22)8-6-13/h2-4,13,15-16,22,24H,5-11H2,1H3/t13?,15-,16?/m1/s1. The summed E-state index contributed by atoms with van der Waals surface area (Å²) in [5.74, 6) is 0.552. The van der Waals surface area contributed by atoms with Crippen molar-refractivity contribution in [2.45, 2.75) is 63.8 Å². The Morgan fingerprint density at radius 3 is 2.60 bits per heavy atom. The van der Waals surface area contributed by atoms with Gasteiger partial charge in [-0.1, -0.05) is 12.1 Å². The molecule has 5 nitrogen and oxygen atoms in total. The highest BCUT2D eigenvalue weighted by Crippen LogP contribution is 2.37. The molecule has 0 amide bonds. The predicted octanol–water partition coefficient (Wildman–Crippen LogP) is 2.58. The van der Waals surface area contributed by atoms with Crippen LogP contribution in [0.15, 0.2) is 18.2 Å². The molecule has 3 rings (SSSR count). The van der Waals surface area contributed by atoms with E-state index in [-0.39, 0.29) is 29.9 Å². The van der Waals surface area contributed by atoms with Crippen molar-refractivity contribution in [3.63, 3.8) is 0 Å². The van der Waals surface area contributed by atoms with Gasteiger partial charge in [0.25, 0.3) is 0 Å². The Kier molecular flexibility index (Phi) is 5.59. The fourth-order valence-electron chi connectivity index (χ4n) is 3.98. The van der Waals surface area contributed by atoms with Gasteiger partial charge >= 0.3 is 7.12 Å². The van der Waals surface area contributed by atoms with Crippen molar-refractivity contribution >= 4 is 18.7 Å². The van der Waals surface area contributed by atoms with Gasteiger partial charge < -0.3 is 14.8 Å². The summed E-state index contributed by atoms with van der Waals surface area (Å²) in [6.07, 6.45) is 4.44. The molecule has 1 heterocycles. The van der Waals surface area contributed by atoms with Crippen LogP contribution in [0.25, 0.3) is 0 Å². The van der Waals surface area contributed by atoms with Crippen LogP contribution in [0, 0.1) is 5.92 Å². The van der Waals surface area contributed by atoms with Crippen molar-refractivity contribution in [1.29, 1.82) is 0 Å². The quantitative estimate of drug-likeness (QED) is 0.634. The molecule has 0 aromatic heterocycles. The van der Waals surface area contributed by atoms with E-state index in [1.165, 1.54) is 6.92 Å². The van der Waals surface area contributed by atoms with Gasteiger partial charge in [-0.05, 0) is 56.6 Å². The Hall–Kier alpha value is -1.66. The van der Waals surface area contributed by atoms with Crippen LogP contribution in [0.2, 0.25) is 5.82 Å². The lowest BCUT2D eigenvalue weighted by molar-refractivity contribution is -0.120. The molecule has 0 saturated heterocycles. The molecule has 0 unspecified atom stereocenters. The van der Waals surface area contributed by atoms with Gasteiger partial charge in [-0.3, -0.25) is 9.59 Å². The first-order chi connectivity index (χ1) is 11.9. The second kappa shape index (κ2) is 7.71. The second-order valence-electron chi connectivity index (χ2n) is 7.44. The summed E-state index contributed by atoms with van der Waals surface area (Å²) in [6.45, 7) is 1.47. The number of carbonyl (C=O) groups excluding carboxylic acids is 2. The molecule has 2 aliphatic rings. The molecular weight excluding hydrogens is 319 g/mol. The fourth-order valence-corrected chi connectivity index (χ4v) is 3.98. The number of hydrogen-bond donors (Lipinski definition) is 2. The van der Waals surface area contributed by atoms with Gasteiger partial charge in [0.05, 0.1) is 11.7 Å². The largest absolute Gasteiger partial charge is 0.535 e. The highest BCUT2D eigenvalue weighted by Gasteiger charge is 2.37. The van der Waals surface area contributed by atoms with Crippen LogP contribution >= 0.6 is 0 Å². The summed E-state index contributed by atoms with van der Waals surface area (Å²) >= 11 is 0. The molecular formula is C19H25BO5. The van der Waals surface area contributed by atoms with E-state index in [4.69, 9.17) is 4.65 Å². The summed E-state index contributed by atoms with van der Waals surface area (Å²) in [5, 5.41) is 19.8. The van der Waals surface area contributed by atoms with E-state index < -0.39 is 7.12 Å². The first-order valence-corrected chi connectivity index (χ1v) is 9.11. The van der Waals surface area contributed by atoms with Gasteiger partial charge in [-0.2, -0.15) is 0 Å². The van der Waals surface area contributed by atoms with Gasteiger partial charge in [-0.15, -0.1) is 0 Å². The molecule has 6 heteroatoms. The number of aliphatic hydroxyl groups excluding tert-OH is 1. The lowest BCUT2D eigenvalue weighted by atomic mass is 9.64. The molecule has 0 spiro atoms. The van der Waals surface area contributed by atoms with E-state index in [2.05, 4.69) is 0 Å². The summed E-state index contributed by atoms with van der Waals surface area (Å²) in [7, 11) is -1.06. The van der Waals surface area contributed by atoms with E-state index in [0.717, 1.165) is 31.2 Å². The van der Waals surface area contributed by atoms with E-state index >= 15 is 0 Å². The lowest BCUT2D eigenvalue weighted by Gasteiger charge is -2.29. The van der Waals surface area contributed by atoms with E-state index in [0.29, 0.717) is 30.1 Å². The average Bonchev–Trinajstić information content (AvgIpc) is 2.57. The van der Waals surface area contributed by atoms with Gasteiger partial charge in [0.1, 0.15) is 11.5 Å². The zero-order valence-corrected chi connectivity index (χ0v) is 14.6. The van der Waals surface area contributed by atoms with Crippen molar-refractivity contribution in [3.8, 4) is 5.75 Å². The summed E-state index contributed by atoms with van der Waals surface area (Å²) in [6, 6.07) is 5.38. The molecule has 1 fully saturated rings. The Balaban J connectivity index is 1.61. The topological polar surface area (TPSA) is 83.8 Å². The SMILES string of the molecule is CC(=O)c1cccc2c1OB(O)[C@@H](CC(=O)CC1CCC(O)CC1)C2. The molecule has 1 aliphatic carbocycles. The second-order valence-corrected chi connectivity index (χ2v) is 7.44. The Morgan fingerprint density at radius 2 is 1.92 bits per heavy atom. The minimum atomic E-state index is -1.06. The highest BCUT2D eigenvalue weighted by atomic mass is 16.5. The number of carbonyl (C=O) groups is 2. The molecule has 1 aliphatic heterocycles. The van der Waals surface area contributed by atoms with Crippen LogP contribution in [0.1, 0.15) is 61.4 Å². The van der Waals surface area contributed by atoms with Crippen LogP contribution in [0.3, 0.4) is 0 Å². The maximum Gasteiger partial charge on any atom is 0.526 e. The summed E-state index contributed by atoms with van der Waals surface area (Å²) in [4.78, 5) is 24.1. The van der Waals surface area contributed by atoms with Crippen LogP contribution in [0.4, 0.5) is 0 Å². The van der Waals surface area contributed by atoms with Crippen molar-refractivity contribution < 1.29 is 24.4 Å². The molecule has 0 bridgehead atoms. The maximum absolute atomic E-state index is 12.4. The molecule has 0 radical (unpaired) electrons. The number of rotatable bonds is 5. The molecule has 134 valence electrons. The number of benzene rings is 1. The molecule has 1 aromatic rings. The monoisotopic (exact) mass is 344 g/mol. The lowest BCUT2D eigenvalue weighted by Crippen LogP contribution is -2.36. The third-order valence-corrected chi connectivity index (χ3v) is 5.42. The Bertz CT molecular complexity index is 651. The van der Waals surface area contributed by atoms with Crippen molar-refractivity contribution in [2.24, 2.45) is 5.92 Å². The summed E-state index contributed by atoms with van der Waals surface area (Å²) < 4.78 is 5.59. The van der Waals surface area contributed by atoms with E-state index in [9.17, 15) is 19.7 Å². The molecule has 1 saturated carbocycles. The predicted molar refractivity (Wildman–Crippen MR) is 94.7 cm³/mol. The van der Waals surface area contributed by atoms with Gasteiger partial charge in [0.2, 0.25) is 0 Å². The van der Waals surface area contributed by atoms with E-state index in [1.807, 2.05) is 12.1 Å². The molecule has 25 heavy (non-hydrogen) atoms. The third-order valence-electron chi connectivity index (χ3n) is 5.42. The minimum absolute atomic E-state index is 0.0990. The first-order valence-electron chi connectivity index (χ1n) is 9.11. The number of aliphatic hydroxyl groups is 1. The van der Waals surface area contributed by atoms with Crippen molar-refractivity contribution in [3.05, 3.63) is 29.3 Å². The normalized spacial score (nSPS) is 25.9. The van der Waals surface area contributed by atoms with Crippen molar-refractivity contribution in [1.82, 2.24) is 0 Å². The Labute approximate surface area is 148 Å². The summed E-state index contributed by atoms with van der Waals surface area (Å²) in [5.41, 5.74) is 1.35. The third kappa shape index (κ3) is 4.31. The fraction of sp³-hybridized carbons (Fsp3) is 0.579. The number of ketones is 2. The molecule has 2 N–H and O–H groups in total. The Morgan fingerprint density at radius 1 is 1.20 bits per heavy atom. The van der Waals surface area contributed by atoms with Crippen LogP contribution < -0.4 is 4.65 Å². The van der Waals surface area contributed by atoms with Crippen LogP contribution in [-0.4, -0.2) is 34.9 Å². The first kappa shape index (κ1) is 18.1. The maximum atomic E-state index is 12.4. The van der Waals surface area contributed by atoms with Gasteiger partial charge in [0, 0.05) is 18.7 Å². The van der Waals surface area contributed by atoms with Crippen LogP contribution in [-0.2, 0) is 11.2 Å². The minimum Gasteiger partial charge on any atom is -0.535 e. The molecule has 1 aromatic carbocycles. The van der Waals surface area contributed by atoms with Gasteiger partial charge in [0.15, 0.2) is 5.78 Å².